The van der Waals surface area contributed by atoms with Gasteiger partial charge in [-0.3, -0.25) is 9.59 Å². The highest BCUT2D eigenvalue weighted by atomic mass is 19.4. The second-order valence-corrected chi connectivity index (χ2v) is 4.87. The number of hydrogen-bond donors (Lipinski definition) is 3. The lowest BCUT2D eigenvalue weighted by molar-refractivity contribution is -0.177. The van der Waals surface area contributed by atoms with E-state index in [9.17, 15) is 40.7 Å². The van der Waals surface area contributed by atoms with Crippen molar-refractivity contribution in [3.05, 3.63) is 0 Å². The van der Waals surface area contributed by atoms with E-state index in [1.165, 1.54) is 10.6 Å². The molecule has 3 amide bonds. The molecule has 0 spiro atoms. The number of carbonyl (C=O) groups is 3. The molecule has 7 nitrogen and oxygen atoms in total. The third-order valence-corrected chi connectivity index (χ3v) is 3.11. The highest BCUT2D eigenvalue weighted by molar-refractivity contribution is 5.84. The van der Waals surface area contributed by atoms with Gasteiger partial charge in [0.25, 0.3) is 0 Å². The van der Waals surface area contributed by atoms with E-state index in [1.54, 1.807) is 0 Å². The van der Waals surface area contributed by atoms with Crippen LogP contribution in [0.2, 0.25) is 0 Å². The molecule has 1 fully saturated rings. The number of carbonyl (C=O) groups excluding carboxylic acids is 2. The Hall–Kier alpha value is -2.21. The van der Waals surface area contributed by atoms with Crippen molar-refractivity contribution < 1.29 is 45.8 Å². The highest BCUT2D eigenvalue weighted by Gasteiger charge is 2.49. The fourth-order valence-corrected chi connectivity index (χ4v) is 1.99. The zero-order valence-corrected chi connectivity index (χ0v) is 11.2. The normalized spacial score (nSPS) is 21.9. The molecule has 13 heteroatoms. The maximum Gasteiger partial charge on any atom is 0.471 e. The molecular weight excluding hydrogens is 340 g/mol. The van der Waals surface area contributed by atoms with Crippen LogP contribution in [-0.4, -0.2) is 65.4 Å². The van der Waals surface area contributed by atoms with Crippen LogP contribution in [0.1, 0.15) is 6.42 Å². The molecule has 1 atom stereocenters. The molecule has 0 radical (unpaired) electrons. The standard InChI is InChI=1S/C10H11F6N3O4/c11-9(12,13)5(20)17-3-8(18-6(21)10(14,15)16)1-2-19(4-8)7(22)23/h1-4H2,(H,17,20)(H,18,21)(H,22,23). The Morgan fingerprint density at radius 3 is 1.96 bits per heavy atom. The first-order valence-corrected chi connectivity index (χ1v) is 5.99. The van der Waals surface area contributed by atoms with E-state index in [0.717, 1.165) is 0 Å². The van der Waals surface area contributed by atoms with Crippen molar-refractivity contribution >= 4 is 17.9 Å². The quantitative estimate of drug-likeness (QED) is 0.644. The monoisotopic (exact) mass is 351 g/mol. The maximum atomic E-state index is 12.3. The molecule has 0 aromatic carbocycles. The van der Waals surface area contributed by atoms with Crippen LogP contribution in [0.3, 0.4) is 0 Å². The molecule has 1 aliphatic rings. The van der Waals surface area contributed by atoms with Crippen molar-refractivity contribution in [3.8, 4) is 0 Å². The van der Waals surface area contributed by atoms with Crippen LogP contribution in [0.5, 0.6) is 0 Å². The summed E-state index contributed by atoms with van der Waals surface area (Å²) >= 11 is 0. The van der Waals surface area contributed by atoms with Gasteiger partial charge >= 0.3 is 30.3 Å². The van der Waals surface area contributed by atoms with Crippen LogP contribution in [0.4, 0.5) is 31.1 Å². The zero-order valence-electron chi connectivity index (χ0n) is 11.2. The van der Waals surface area contributed by atoms with Gasteiger partial charge in [0.2, 0.25) is 0 Å². The van der Waals surface area contributed by atoms with Gasteiger partial charge in [0.15, 0.2) is 0 Å². The Bertz CT molecular complexity index is 506. The molecule has 0 aromatic rings. The van der Waals surface area contributed by atoms with Crippen LogP contribution in [-0.2, 0) is 9.59 Å². The van der Waals surface area contributed by atoms with Crippen LogP contribution >= 0.6 is 0 Å². The predicted octanol–water partition coefficient (Wildman–Crippen LogP) is 0.466. The third kappa shape index (κ3) is 4.89. The van der Waals surface area contributed by atoms with Gasteiger partial charge in [-0.1, -0.05) is 0 Å². The molecule has 0 bridgehead atoms. The van der Waals surface area contributed by atoms with Crippen LogP contribution in [0.25, 0.3) is 0 Å². The zero-order chi connectivity index (χ0) is 18.1. The Morgan fingerprint density at radius 1 is 1.04 bits per heavy atom. The third-order valence-electron chi connectivity index (χ3n) is 3.11. The van der Waals surface area contributed by atoms with E-state index >= 15 is 0 Å². The first kappa shape index (κ1) is 18.8. The van der Waals surface area contributed by atoms with Gasteiger partial charge in [0.05, 0.1) is 5.54 Å². The summed E-state index contributed by atoms with van der Waals surface area (Å²) in [5.74, 6) is -4.85. The summed E-state index contributed by atoms with van der Waals surface area (Å²) in [5, 5.41) is 11.6. The molecule has 3 N–H and O–H groups in total. The van der Waals surface area contributed by atoms with Gasteiger partial charge in [-0.15, -0.1) is 0 Å². The van der Waals surface area contributed by atoms with E-state index in [0.29, 0.717) is 4.90 Å². The van der Waals surface area contributed by atoms with Gasteiger partial charge in [-0.05, 0) is 6.42 Å². The summed E-state index contributed by atoms with van der Waals surface area (Å²) in [4.78, 5) is 33.2. The number of amides is 3. The van der Waals surface area contributed by atoms with Gasteiger partial charge in [-0.25, -0.2) is 4.79 Å². The number of likely N-dealkylation sites (tertiary alicyclic amines) is 1. The number of nitrogens with zero attached hydrogens (tertiary/aromatic N) is 1. The van der Waals surface area contributed by atoms with Crippen molar-refractivity contribution in [2.75, 3.05) is 19.6 Å². The van der Waals surface area contributed by atoms with E-state index in [2.05, 4.69) is 0 Å². The minimum absolute atomic E-state index is 0.310. The van der Waals surface area contributed by atoms with Crippen molar-refractivity contribution in [2.24, 2.45) is 0 Å². The molecule has 0 aromatic heterocycles. The first-order valence-electron chi connectivity index (χ1n) is 5.99. The van der Waals surface area contributed by atoms with E-state index < -0.39 is 48.9 Å². The van der Waals surface area contributed by atoms with Gasteiger partial charge in [0, 0.05) is 19.6 Å². The minimum Gasteiger partial charge on any atom is -0.465 e. The Morgan fingerprint density at radius 2 is 1.57 bits per heavy atom. The summed E-state index contributed by atoms with van der Waals surface area (Å²) < 4.78 is 73.3. The van der Waals surface area contributed by atoms with Crippen molar-refractivity contribution in [3.63, 3.8) is 0 Å². The minimum atomic E-state index is -5.31. The summed E-state index contributed by atoms with van der Waals surface area (Å²) in [7, 11) is 0. The second kappa shape index (κ2) is 6.12. The molecule has 0 aliphatic carbocycles. The smallest absolute Gasteiger partial charge is 0.465 e. The maximum absolute atomic E-state index is 12.3. The molecule has 1 saturated heterocycles. The fourth-order valence-electron chi connectivity index (χ4n) is 1.99. The SMILES string of the molecule is O=C(O)N1CCC(CNC(=O)C(F)(F)F)(NC(=O)C(F)(F)F)C1. The number of carboxylic acid groups (broad SMARTS) is 1. The summed E-state index contributed by atoms with van der Waals surface area (Å²) in [6.45, 7) is -2.01. The lowest BCUT2D eigenvalue weighted by Gasteiger charge is -2.31. The average molecular weight is 351 g/mol. The van der Waals surface area contributed by atoms with Crippen LogP contribution in [0.15, 0.2) is 0 Å². The van der Waals surface area contributed by atoms with E-state index in [1.807, 2.05) is 0 Å². The molecule has 0 saturated carbocycles. The largest absolute Gasteiger partial charge is 0.471 e. The van der Waals surface area contributed by atoms with Gasteiger partial charge in [0.1, 0.15) is 0 Å². The highest BCUT2D eigenvalue weighted by Crippen LogP contribution is 2.25. The second-order valence-electron chi connectivity index (χ2n) is 4.87. The van der Waals surface area contributed by atoms with Gasteiger partial charge in [-0.2, -0.15) is 26.3 Å². The van der Waals surface area contributed by atoms with Crippen molar-refractivity contribution in [2.45, 2.75) is 24.3 Å². The van der Waals surface area contributed by atoms with Crippen LogP contribution in [0, 0.1) is 0 Å². The Labute approximate surface area is 124 Å². The number of halogens is 6. The lowest BCUT2D eigenvalue weighted by Crippen LogP contribution is -2.60. The molecule has 1 unspecified atom stereocenters. The number of alkyl halides is 6. The number of nitrogens with one attached hydrogen (secondary N) is 2. The summed E-state index contributed by atoms with van der Waals surface area (Å²) in [5.41, 5.74) is -1.98. The molecule has 132 valence electrons. The number of hydrogen-bond acceptors (Lipinski definition) is 3. The Kier molecular flexibility index (Phi) is 5.01. The molecule has 1 aliphatic heterocycles. The summed E-state index contributed by atoms with van der Waals surface area (Å²) in [6.07, 6.45) is -12.5. The topological polar surface area (TPSA) is 98.7 Å². The van der Waals surface area contributed by atoms with Crippen molar-refractivity contribution in [1.29, 1.82) is 0 Å². The lowest BCUT2D eigenvalue weighted by atomic mass is 9.98. The summed E-state index contributed by atoms with van der Waals surface area (Å²) in [6, 6.07) is 0. The van der Waals surface area contributed by atoms with Crippen molar-refractivity contribution in [1.82, 2.24) is 15.5 Å². The molecule has 23 heavy (non-hydrogen) atoms. The van der Waals surface area contributed by atoms with E-state index in [-0.39, 0.29) is 13.0 Å². The average Bonchev–Trinajstić information content (AvgIpc) is 2.78. The molecule has 1 rings (SSSR count). The Balaban J connectivity index is 2.88. The fraction of sp³-hybridized carbons (Fsp3) is 0.700. The first-order chi connectivity index (χ1) is 10.3. The van der Waals surface area contributed by atoms with E-state index in [4.69, 9.17) is 5.11 Å². The van der Waals surface area contributed by atoms with Gasteiger partial charge < -0.3 is 20.6 Å². The molecule has 1 heterocycles. The predicted molar refractivity (Wildman–Crippen MR) is 60.2 cm³/mol. The number of rotatable bonds is 3. The molecular formula is C10H11F6N3O4. The van der Waals surface area contributed by atoms with Crippen LogP contribution < -0.4 is 10.6 Å².